The van der Waals surface area contributed by atoms with Crippen molar-refractivity contribution in [2.75, 3.05) is 0 Å². The van der Waals surface area contributed by atoms with Gasteiger partial charge in [-0.1, -0.05) is 41.5 Å². The molecule has 1 aromatic rings. The normalized spacial score (nSPS) is 15.3. The van der Waals surface area contributed by atoms with Gasteiger partial charge in [-0.2, -0.15) is 0 Å². The minimum atomic E-state index is -0.759. The van der Waals surface area contributed by atoms with Crippen molar-refractivity contribution in [1.82, 2.24) is 9.97 Å². The number of nitrogens with zero attached hydrogens (tertiary/aromatic N) is 2. The summed E-state index contributed by atoms with van der Waals surface area (Å²) in [6.45, 7) is 16.7. The van der Waals surface area contributed by atoms with Gasteiger partial charge in [0.15, 0.2) is 0 Å². The summed E-state index contributed by atoms with van der Waals surface area (Å²) in [5, 5.41) is 0. The van der Waals surface area contributed by atoms with Crippen LogP contribution in [0.4, 0.5) is 4.39 Å². The van der Waals surface area contributed by atoms with Crippen LogP contribution in [0.1, 0.15) is 95.9 Å². The van der Waals surface area contributed by atoms with Gasteiger partial charge in [0.2, 0.25) is 0 Å². The van der Waals surface area contributed by atoms with E-state index in [-0.39, 0.29) is 11.3 Å². The van der Waals surface area contributed by atoms with E-state index in [2.05, 4.69) is 48.5 Å². The molecule has 0 aliphatic carbocycles. The molecule has 0 radical (unpaired) electrons. The third-order valence-electron chi connectivity index (χ3n) is 3.88. The third-order valence-corrected chi connectivity index (χ3v) is 3.88. The molecule has 0 aromatic carbocycles. The summed E-state index contributed by atoms with van der Waals surface area (Å²) in [6, 6.07) is 0. The van der Waals surface area contributed by atoms with E-state index in [9.17, 15) is 4.39 Å². The Labute approximate surface area is 129 Å². The van der Waals surface area contributed by atoms with Gasteiger partial charge in [-0.25, -0.2) is 14.4 Å². The fourth-order valence-corrected chi connectivity index (χ4v) is 2.70. The van der Waals surface area contributed by atoms with Crippen LogP contribution in [-0.4, -0.2) is 16.1 Å². The van der Waals surface area contributed by atoms with Crippen LogP contribution in [-0.2, 0) is 5.41 Å². The van der Waals surface area contributed by atoms with Crippen molar-refractivity contribution in [3.05, 3.63) is 22.8 Å². The van der Waals surface area contributed by atoms with Crippen LogP contribution in [0.2, 0.25) is 0 Å². The van der Waals surface area contributed by atoms with E-state index in [1.165, 1.54) is 5.56 Å². The van der Waals surface area contributed by atoms with Crippen LogP contribution < -0.4 is 0 Å². The summed E-state index contributed by atoms with van der Waals surface area (Å²) in [7, 11) is 0. The highest BCUT2D eigenvalue weighted by Crippen LogP contribution is 2.32. The Bertz CT molecular complexity index is 473. The summed E-state index contributed by atoms with van der Waals surface area (Å²) in [6.07, 6.45) is 0.604. The van der Waals surface area contributed by atoms with Crippen LogP contribution in [0.25, 0.3) is 0 Å². The molecule has 0 aliphatic heterocycles. The number of rotatable bonds is 5. The van der Waals surface area contributed by atoms with E-state index in [1.807, 2.05) is 0 Å². The largest absolute Gasteiger partial charge is 0.248 e. The van der Waals surface area contributed by atoms with Gasteiger partial charge in [-0.15, -0.1) is 0 Å². The van der Waals surface area contributed by atoms with Crippen molar-refractivity contribution in [1.29, 1.82) is 0 Å². The first-order valence-corrected chi connectivity index (χ1v) is 8.07. The Morgan fingerprint density at radius 3 is 2.00 bits per heavy atom. The number of halogens is 1. The van der Waals surface area contributed by atoms with Crippen LogP contribution >= 0.6 is 0 Å². The molecule has 120 valence electrons. The fraction of sp³-hybridized carbons (Fsp3) is 0.778. The highest BCUT2D eigenvalue weighted by Gasteiger charge is 2.25. The molecule has 1 aromatic heterocycles. The molecule has 0 fully saturated rings. The Kier molecular flexibility index (Phi) is 5.89. The van der Waals surface area contributed by atoms with Crippen molar-refractivity contribution in [2.24, 2.45) is 0 Å². The highest BCUT2D eigenvalue weighted by molar-refractivity contribution is 5.33. The average molecular weight is 294 g/mol. The molecule has 2 nitrogen and oxygen atoms in total. The van der Waals surface area contributed by atoms with Gasteiger partial charge in [-0.05, 0) is 38.2 Å². The van der Waals surface area contributed by atoms with E-state index < -0.39 is 6.17 Å². The Hall–Kier alpha value is -0.990. The molecule has 0 N–H and O–H groups in total. The van der Waals surface area contributed by atoms with Gasteiger partial charge in [-0.3, -0.25) is 0 Å². The molecular weight excluding hydrogens is 263 g/mol. The number of hydrogen-bond acceptors (Lipinski definition) is 2. The number of aromatic nitrogens is 2. The Morgan fingerprint density at radius 2 is 1.57 bits per heavy atom. The summed E-state index contributed by atoms with van der Waals surface area (Å²) in [5.41, 5.74) is 3.47. The average Bonchev–Trinajstić information content (AvgIpc) is 2.33. The minimum Gasteiger partial charge on any atom is -0.248 e. The SMILES string of the molecule is Cc1nc([C@@H](C)CCC(C)F)nc(C(C)(C)C)c1C(C)C. The Balaban J connectivity index is 3.23. The predicted octanol–water partition coefficient (Wildman–Crippen LogP) is 5.45. The first-order valence-electron chi connectivity index (χ1n) is 8.07. The van der Waals surface area contributed by atoms with Gasteiger partial charge >= 0.3 is 0 Å². The predicted molar refractivity (Wildman–Crippen MR) is 87.8 cm³/mol. The lowest BCUT2D eigenvalue weighted by atomic mass is 9.84. The quantitative estimate of drug-likeness (QED) is 0.722. The van der Waals surface area contributed by atoms with Crippen molar-refractivity contribution in [3.63, 3.8) is 0 Å². The van der Waals surface area contributed by atoms with Crippen molar-refractivity contribution in [2.45, 2.75) is 91.7 Å². The Morgan fingerprint density at radius 1 is 1.00 bits per heavy atom. The molecule has 0 amide bonds. The summed E-state index contributed by atoms with van der Waals surface area (Å²) >= 11 is 0. The third kappa shape index (κ3) is 4.76. The second kappa shape index (κ2) is 6.85. The molecule has 1 unspecified atom stereocenters. The van der Waals surface area contributed by atoms with Gasteiger partial charge < -0.3 is 0 Å². The second-order valence-corrected chi connectivity index (χ2v) is 7.59. The lowest BCUT2D eigenvalue weighted by molar-refractivity contribution is 0.325. The molecule has 0 spiro atoms. The maximum absolute atomic E-state index is 13.1. The van der Waals surface area contributed by atoms with Crippen LogP contribution in [0, 0.1) is 6.92 Å². The van der Waals surface area contributed by atoms with Crippen LogP contribution in [0.5, 0.6) is 0 Å². The zero-order valence-corrected chi connectivity index (χ0v) is 14.9. The van der Waals surface area contributed by atoms with Gasteiger partial charge in [0.05, 0.1) is 11.9 Å². The lowest BCUT2D eigenvalue weighted by Gasteiger charge is -2.26. The molecule has 21 heavy (non-hydrogen) atoms. The molecule has 0 saturated carbocycles. The summed E-state index contributed by atoms with van der Waals surface area (Å²) in [4.78, 5) is 9.58. The van der Waals surface area contributed by atoms with Crippen molar-refractivity contribution < 1.29 is 4.39 Å². The van der Waals surface area contributed by atoms with E-state index >= 15 is 0 Å². The van der Waals surface area contributed by atoms with Gasteiger partial charge in [0.25, 0.3) is 0 Å². The van der Waals surface area contributed by atoms with E-state index in [0.717, 1.165) is 23.6 Å². The van der Waals surface area contributed by atoms with E-state index in [0.29, 0.717) is 12.3 Å². The van der Waals surface area contributed by atoms with Crippen LogP contribution in [0.3, 0.4) is 0 Å². The first kappa shape index (κ1) is 18.1. The van der Waals surface area contributed by atoms with Gasteiger partial charge in [0, 0.05) is 17.0 Å². The minimum absolute atomic E-state index is 0.00481. The molecule has 0 saturated heterocycles. The maximum Gasteiger partial charge on any atom is 0.131 e. The van der Waals surface area contributed by atoms with Gasteiger partial charge in [0.1, 0.15) is 5.82 Å². The van der Waals surface area contributed by atoms with Crippen molar-refractivity contribution in [3.8, 4) is 0 Å². The molecule has 0 aliphatic rings. The second-order valence-electron chi connectivity index (χ2n) is 7.59. The topological polar surface area (TPSA) is 25.8 Å². The zero-order chi connectivity index (χ0) is 16.4. The lowest BCUT2D eigenvalue weighted by Crippen LogP contribution is -2.21. The number of hydrogen-bond donors (Lipinski definition) is 0. The molecule has 0 bridgehead atoms. The standard InChI is InChI=1S/C18H31FN2/c1-11(2)15-14(5)20-17(12(3)9-10-13(4)19)21-16(15)18(6,7)8/h11-13H,9-10H2,1-8H3/t12-,13?/m0/s1. The molecule has 3 heteroatoms. The maximum atomic E-state index is 13.1. The fourth-order valence-electron chi connectivity index (χ4n) is 2.70. The van der Waals surface area contributed by atoms with E-state index in [1.54, 1.807) is 6.92 Å². The molecule has 1 rings (SSSR count). The van der Waals surface area contributed by atoms with Crippen LogP contribution in [0.15, 0.2) is 0 Å². The molecular formula is C18H31FN2. The molecule has 2 atom stereocenters. The first-order chi connectivity index (χ1) is 9.54. The summed E-state index contributed by atoms with van der Waals surface area (Å²) in [5.74, 6) is 1.47. The zero-order valence-electron chi connectivity index (χ0n) is 14.9. The summed E-state index contributed by atoms with van der Waals surface area (Å²) < 4.78 is 13.1. The van der Waals surface area contributed by atoms with Crippen molar-refractivity contribution >= 4 is 0 Å². The number of alkyl halides is 1. The monoisotopic (exact) mass is 294 g/mol. The smallest absolute Gasteiger partial charge is 0.131 e. The highest BCUT2D eigenvalue weighted by atomic mass is 19.1. The van der Waals surface area contributed by atoms with E-state index in [4.69, 9.17) is 9.97 Å². The number of aryl methyl sites for hydroxylation is 1. The molecule has 1 heterocycles.